The largest absolute Gasteiger partial charge is 3.00 e. The maximum absolute atomic E-state index is 12.8. The van der Waals surface area contributed by atoms with Gasteiger partial charge in [0.1, 0.15) is 10.0 Å². The van der Waals surface area contributed by atoms with E-state index < -0.39 is 32.1 Å². The molecule has 42 heavy (non-hydrogen) atoms. The molecule has 0 aliphatic rings. The van der Waals surface area contributed by atoms with Crippen LogP contribution in [0.3, 0.4) is 0 Å². The van der Waals surface area contributed by atoms with Crippen LogP contribution in [0.1, 0.15) is 59.7 Å². The van der Waals surface area contributed by atoms with Gasteiger partial charge in [0.05, 0.1) is 10.0 Å². The third-order valence-corrected chi connectivity index (χ3v) is 7.35. The Balaban J connectivity index is 0.000000456. The molecule has 2 atom stereocenters. The van der Waals surface area contributed by atoms with Gasteiger partial charge in [0.15, 0.2) is 0 Å². The minimum atomic E-state index is -3.83. The molecule has 4 rings (SSSR count). The average molecular weight is 695 g/mol. The number of rotatable bonds is 7. The van der Waals surface area contributed by atoms with Crippen LogP contribution in [-0.4, -0.2) is 23.1 Å². The molecule has 0 aromatic heterocycles. The Labute approximate surface area is 264 Å². The normalized spacial score (nSPS) is 12.5. The van der Waals surface area contributed by atoms with Crippen LogP contribution < -0.4 is 5.73 Å². The topological polar surface area (TPSA) is 132 Å². The maximum atomic E-state index is 12.8. The van der Waals surface area contributed by atoms with Crippen molar-refractivity contribution in [1.82, 2.24) is 0 Å². The molecule has 0 fully saturated rings. The van der Waals surface area contributed by atoms with Gasteiger partial charge in [-0.3, -0.25) is 0 Å². The Morgan fingerprint density at radius 3 is 1.43 bits per heavy atom. The molecule has 0 aliphatic heterocycles. The van der Waals surface area contributed by atoms with Gasteiger partial charge in [-0.1, -0.05) is 134 Å². The molecule has 0 saturated heterocycles. The van der Waals surface area contributed by atoms with Gasteiger partial charge in [-0.05, 0) is 43.0 Å². The Morgan fingerprint density at radius 1 is 0.643 bits per heavy atom. The first kappa shape index (κ1) is 37.3. The summed E-state index contributed by atoms with van der Waals surface area (Å²) in [6.45, 7) is 8.45. The van der Waals surface area contributed by atoms with Gasteiger partial charge in [-0.25, -0.2) is 16.8 Å². The molecule has 225 valence electrons. The second-order valence-electron chi connectivity index (χ2n) is 10.0. The standard InChI is InChI=1S/C21H21N2O2S.C10H14.CH4NO2S.Ru/c1-16-12-14-19(15-13-16)26(24,25)23-21(18-10-6-3-7-11-18)20(22)17-8-4-2-5-9-17;1-8(2)10-6-4-9(3)5-7-10;1-5(2,3)4;/h2-15,20-21H,22H2,1H3;4-8H,1-3H3;1H3,(H-,2,3,4);/q-1;;-1;+3/t20-,21-;;;/m1.../s1. The quantitative estimate of drug-likeness (QED) is 0.199. The molecule has 0 aliphatic carbocycles. The fourth-order valence-electron chi connectivity index (χ4n) is 3.71. The first-order chi connectivity index (χ1) is 19.2. The zero-order valence-corrected chi connectivity index (χ0v) is 27.8. The molecule has 4 aromatic carbocycles. The van der Waals surface area contributed by atoms with Gasteiger partial charge in [0.2, 0.25) is 0 Å². The molecule has 1 radical (unpaired) electrons. The van der Waals surface area contributed by atoms with E-state index in [9.17, 15) is 16.8 Å². The van der Waals surface area contributed by atoms with Crippen molar-refractivity contribution in [3.05, 3.63) is 147 Å². The number of nitrogens with zero attached hydrogens (tertiary/aromatic N) is 1. The van der Waals surface area contributed by atoms with Gasteiger partial charge >= 0.3 is 19.5 Å². The van der Waals surface area contributed by atoms with Crippen LogP contribution in [0.25, 0.3) is 9.86 Å². The summed E-state index contributed by atoms with van der Waals surface area (Å²) in [6, 6.07) is 32.8. The minimum absolute atomic E-state index is 0. The monoisotopic (exact) mass is 695 g/mol. The molecule has 3 N–H and O–H groups in total. The molecular weight excluding hydrogens is 656 g/mol. The van der Waals surface area contributed by atoms with Crippen LogP contribution in [-0.2, 0) is 39.5 Å². The number of hydrogen-bond donors (Lipinski definition) is 1. The summed E-state index contributed by atoms with van der Waals surface area (Å²) in [4.78, 5) is 0.171. The average Bonchev–Trinajstić information content (AvgIpc) is 2.92. The summed E-state index contributed by atoms with van der Waals surface area (Å²) in [5, 5.41) is 5.91. The van der Waals surface area contributed by atoms with E-state index in [0.717, 1.165) is 22.9 Å². The first-order valence-electron chi connectivity index (χ1n) is 13.1. The number of sulfonamides is 2. The molecule has 10 heteroatoms. The molecule has 0 amide bonds. The molecule has 0 unspecified atom stereocenters. The van der Waals surface area contributed by atoms with E-state index in [1.54, 1.807) is 24.3 Å². The van der Waals surface area contributed by atoms with Crippen molar-refractivity contribution in [1.29, 1.82) is 0 Å². The summed E-state index contributed by atoms with van der Waals surface area (Å²) >= 11 is 0. The number of benzene rings is 4. The van der Waals surface area contributed by atoms with Crippen molar-refractivity contribution in [3.63, 3.8) is 0 Å². The van der Waals surface area contributed by atoms with Crippen LogP contribution >= 0.6 is 0 Å². The van der Waals surface area contributed by atoms with Crippen molar-refractivity contribution in [2.45, 2.75) is 50.6 Å². The van der Waals surface area contributed by atoms with Crippen LogP contribution in [0.15, 0.2) is 114 Å². The van der Waals surface area contributed by atoms with E-state index in [0.29, 0.717) is 5.92 Å². The van der Waals surface area contributed by atoms with E-state index in [4.69, 9.17) is 10.9 Å². The van der Waals surface area contributed by atoms with Gasteiger partial charge in [-0.15, -0.1) is 0 Å². The summed E-state index contributed by atoms with van der Waals surface area (Å²) in [5.41, 5.74) is 11.8. The van der Waals surface area contributed by atoms with Gasteiger partial charge in [0, 0.05) is 17.2 Å². The van der Waals surface area contributed by atoms with E-state index >= 15 is 0 Å². The van der Waals surface area contributed by atoms with Gasteiger partial charge in [0.25, 0.3) is 0 Å². The van der Waals surface area contributed by atoms with Crippen molar-refractivity contribution >= 4 is 20.0 Å². The molecule has 4 aromatic rings. The molecule has 0 bridgehead atoms. The van der Waals surface area contributed by atoms with Crippen LogP contribution in [0.5, 0.6) is 0 Å². The molecule has 0 heterocycles. The van der Waals surface area contributed by atoms with Crippen molar-refractivity contribution < 1.29 is 36.3 Å². The fourth-order valence-corrected chi connectivity index (χ4v) is 4.87. The van der Waals surface area contributed by atoms with E-state index in [2.05, 4.69) is 49.8 Å². The minimum Gasteiger partial charge on any atom is -0.564 e. The second kappa shape index (κ2) is 17.4. The van der Waals surface area contributed by atoms with Crippen molar-refractivity contribution in [3.8, 4) is 0 Å². The molecule has 0 saturated carbocycles. The third-order valence-electron chi connectivity index (χ3n) is 5.98. The summed E-state index contributed by atoms with van der Waals surface area (Å²) < 4.78 is 48.5. The summed E-state index contributed by atoms with van der Waals surface area (Å²) in [5.74, 6) is 0.653. The predicted molar refractivity (Wildman–Crippen MR) is 169 cm³/mol. The van der Waals surface area contributed by atoms with Crippen molar-refractivity contribution in [2.24, 2.45) is 5.73 Å². The Morgan fingerprint density at radius 2 is 1.02 bits per heavy atom. The summed E-state index contributed by atoms with van der Waals surface area (Å²) in [6.07, 6.45) is 0.826. The SMILES string of the molecule is CS([NH-])(=O)=O.Cc1ccc(C(C)C)cc1.Cc1ccc(S(=O)(=O)[N-][C@H](c2ccccc2)[C@H](N)c2ccccc2)cc1.[Ru+3]. The molecule has 7 nitrogen and oxygen atoms in total. The third kappa shape index (κ3) is 13.5. The Kier molecular flexibility index (Phi) is 15.5. The van der Waals surface area contributed by atoms with E-state index in [1.165, 1.54) is 11.1 Å². The number of hydrogen-bond acceptors (Lipinski definition) is 5. The van der Waals surface area contributed by atoms with E-state index in [1.807, 2.05) is 67.6 Å². The first-order valence-corrected chi connectivity index (χ1v) is 16.4. The smallest absolute Gasteiger partial charge is 0.564 e. The van der Waals surface area contributed by atoms with Gasteiger partial charge < -0.3 is 15.6 Å². The Hall–Kier alpha value is -2.72. The number of aryl methyl sites for hydroxylation is 2. The maximum Gasteiger partial charge on any atom is 3.00 e. The van der Waals surface area contributed by atoms with Crippen molar-refractivity contribution in [2.75, 3.05) is 6.26 Å². The fraction of sp³-hybridized carbons (Fsp3) is 0.250. The zero-order chi connectivity index (χ0) is 30.6. The predicted octanol–water partition coefficient (Wildman–Crippen LogP) is 7.61. The second-order valence-corrected chi connectivity index (χ2v) is 13.2. The number of nitrogens with one attached hydrogen (secondary N) is 1. The Bertz CT molecular complexity index is 1540. The van der Waals surface area contributed by atoms with E-state index in [-0.39, 0.29) is 24.4 Å². The zero-order valence-electron chi connectivity index (χ0n) is 24.5. The van der Waals surface area contributed by atoms with Crippen LogP contribution in [0.2, 0.25) is 0 Å². The number of nitrogens with two attached hydrogens (primary N) is 1. The van der Waals surface area contributed by atoms with Gasteiger partial charge in [-0.2, -0.15) is 0 Å². The summed E-state index contributed by atoms with van der Waals surface area (Å²) in [7, 11) is -7.25. The molecule has 0 spiro atoms. The van der Waals surface area contributed by atoms with Crippen LogP contribution in [0, 0.1) is 13.8 Å². The van der Waals surface area contributed by atoms with Crippen LogP contribution in [0.4, 0.5) is 0 Å². The molecular formula is C32H39N3O4RuS2+.